The molecule has 10 heteroatoms. The first-order valence-electron chi connectivity index (χ1n) is 7.42. The van der Waals surface area contributed by atoms with Crippen molar-refractivity contribution < 1.29 is 13.2 Å². The number of guanidine groups is 2. The van der Waals surface area contributed by atoms with E-state index in [1.807, 2.05) is 13.0 Å². The van der Waals surface area contributed by atoms with Crippen LogP contribution in [0.4, 0.5) is 11.4 Å². The maximum Gasteiger partial charge on any atom is 0.262 e. The van der Waals surface area contributed by atoms with Gasteiger partial charge in [0.15, 0.2) is 5.96 Å². The zero-order valence-electron chi connectivity index (χ0n) is 14.3. The van der Waals surface area contributed by atoms with Crippen molar-refractivity contribution in [2.75, 3.05) is 11.8 Å². The molecule has 0 atom stereocenters. The fraction of sp³-hybridized carbons (Fsp3) is 0.125. The summed E-state index contributed by atoms with van der Waals surface area (Å²) in [6.45, 7) is 1.85. The van der Waals surface area contributed by atoms with Gasteiger partial charge in [0.2, 0.25) is 5.96 Å². The smallest absolute Gasteiger partial charge is 0.262 e. The predicted molar refractivity (Wildman–Crippen MR) is 102 cm³/mol. The molecule has 2 aromatic rings. The Morgan fingerprint density at radius 2 is 1.73 bits per heavy atom. The Bertz CT molecular complexity index is 948. The largest absolute Gasteiger partial charge is 0.495 e. The summed E-state index contributed by atoms with van der Waals surface area (Å²) in [5.74, 6) is 0.0652. The van der Waals surface area contributed by atoms with Gasteiger partial charge in [-0.15, -0.1) is 0 Å². The van der Waals surface area contributed by atoms with Gasteiger partial charge in [-0.05, 0) is 48.9 Å². The molecule has 9 nitrogen and oxygen atoms in total. The molecular formula is C16H20N6O3S. The van der Waals surface area contributed by atoms with Gasteiger partial charge in [-0.25, -0.2) is 13.4 Å². The lowest BCUT2D eigenvalue weighted by atomic mass is 10.2. The Morgan fingerprint density at radius 3 is 2.31 bits per heavy atom. The lowest BCUT2D eigenvalue weighted by Crippen LogP contribution is -2.26. The molecule has 7 N–H and O–H groups in total. The number of sulfonamides is 1. The van der Waals surface area contributed by atoms with Gasteiger partial charge in [0, 0.05) is 0 Å². The van der Waals surface area contributed by atoms with Gasteiger partial charge in [0.05, 0.1) is 23.4 Å². The standard InChI is InChI=1S/C16H20N6O3S/c1-10-3-8-14(25-2)13(9-10)22-26(23,24)12-6-4-11(5-7-12)20-16(19)21-15(17)18/h3-9,22H,1-2H3,(H6,17,18,19,20,21). The van der Waals surface area contributed by atoms with Crippen molar-refractivity contribution in [1.82, 2.24) is 0 Å². The summed E-state index contributed by atoms with van der Waals surface area (Å²) >= 11 is 0. The molecule has 0 aromatic heterocycles. The molecule has 0 aliphatic rings. The number of anilines is 1. The van der Waals surface area contributed by atoms with Crippen molar-refractivity contribution in [3.05, 3.63) is 48.0 Å². The number of ether oxygens (including phenoxy) is 1. The van der Waals surface area contributed by atoms with Crippen molar-refractivity contribution >= 4 is 33.3 Å². The van der Waals surface area contributed by atoms with Crippen LogP contribution in [0.3, 0.4) is 0 Å². The van der Waals surface area contributed by atoms with E-state index in [2.05, 4.69) is 14.7 Å². The topological polar surface area (TPSA) is 158 Å². The van der Waals surface area contributed by atoms with E-state index >= 15 is 0 Å². The number of hydrogen-bond donors (Lipinski definition) is 4. The van der Waals surface area contributed by atoms with Crippen LogP contribution >= 0.6 is 0 Å². The summed E-state index contributed by atoms with van der Waals surface area (Å²) in [4.78, 5) is 7.60. The second-order valence-electron chi connectivity index (χ2n) is 5.31. The molecule has 0 aliphatic carbocycles. The number of methoxy groups -OCH3 is 1. The first kappa shape index (κ1) is 19.1. The van der Waals surface area contributed by atoms with Crippen molar-refractivity contribution in [1.29, 1.82) is 0 Å². The van der Waals surface area contributed by atoms with Crippen LogP contribution in [0.5, 0.6) is 5.75 Å². The maximum absolute atomic E-state index is 12.6. The maximum atomic E-state index is 12.6. The SMILES string of the molecule is COc1ccc(C)cc1NS(=O)(=O)c1ccc(N=C(N)N=C(N)N)cc1. The van der Waals surface area contributed by atoms with Crippen LogP contribution in [0.15, 0.2) is 57.3 Å². The highest BCUT2D eigenvalue weighted by Gasteiger charge is 2.16. The summed E-state index contributed by atoms with van der Waals surface area (Å²) in [7, 11) is -2.34. The zero-order valence-corrected chi connectivity index (χ0v) is 15.1. The van der Waals surface area contributed by atoms with Crippen molar-refractivity contribution in [2.24, 2.45) is 27.2 Å². The highest BCUT2D eigenvalue weighted by atomic mass is 32.2. The van der Waals surface area contributed by atoms with E-state index in [9.17, 15) is 8.42 Å². The minimum absolute atomic E-state index is 0.0559. The molecule has 0 bridgehead atoms. The zero-order chi connectivity index (χ0) is 19.3. The van der Waals surface area contributed by atoms with Crippen LogP contribution in [-0.2, 0) is 10.0 Å². The van der Waals surface area contributed by atoms with Crippen LogP contribution < -0.4 is 26.7 Å². The van der Waals surface area contributed by atoms with E-state index in [-0.39, 0.29) is 16.8 Å². The Balaban J connectivity index is 2.28. The van der Waals surface area contributed by atoms with Gasteiger partial charge < -0.3 is 21.9 Å². The van der Waals surface area contributed by atoms with Gasteiger partial charge in [-0.2, -0.15) is 4.99 Å². The van der Waals surface area contributed by atoms with Gasteiger partial charge in [-0.3, -0.25) is 4.72 Å². The quantitative estimate of drug-likeness (QED) is 0.450. The van der Waals surface area contributed by atoms with Crippen LogP contribution in [0.1, 0.15) is 5.56 Å². The highest BCUT2D eigenvalue weighted by molar-refractivity contribution is 7.92. The van der Waals surface area contributed by atoms with Crippen molar-refractivity contribution in [2.45, 2.75) is 11.8 Å². The van der Waals surface area contributed by atoms with E-state index < -0.39 is 10.0 Å². The third kappa shape index (κ3) is 4.86. The Hall–Kier alpha value is -3.27. The molecule has 0 saturated carbocycles. The summed E-state index contributed by atoms with van der Waals surface area (Å²) in [5, 5.41) is 0. The minimum Gasteiger partial charge on any atom is -0.495 e. The number of nitrogens with zero attached hydrogens (tertiary/aromatic N) is 2. The molecule has 26 heavy (non-hydrogen) atoms. The lowest BCUT2D eigenvalue weighted by Gasteiger charge is -2.12. The first-order chi connectivity index (χ1) is 12.2. The lowest BCUT2D eigenvalue weighted by molar-refractivity contribution is 0.417. The molecule has 138 valence electrons. The molecule has 0 unspecified atom stereocenters. The van der Waals surface area contributed by atoms with Crippen molar-refractivity contribution in [3.63, 3.8) is 0 Å². The normalized spacial score (nSPS) is 11.7. The molecule has 0 saturated heterocycles. The molecule has 0 radical (unpaired) electrons. The van der Waals surface area contributed by atoms with Gasteiger partial charge in [0.25, 0.3) is 10.0 Å². The van der Waals surface area contributed by atoms with E-state index in [1.165, 1.54) is 31.4 Å². The molecule has 0 aliphatic heterocycles. The molecule has 0 spiro atoms. The minimum atomic E-state index is -3.80. The summed E-state index contributed by atoms with van der Waals surface area (Å²) in [6.07, 6.45) is 0. The fourth-order valence-corrected chi connectivity index (χ4v) is 3.16. The number of aryl methyl sites for hydroxylation is 1. The van der Waals surface area contributed by atoms with E-state index in [0.717, 1.165) is 5.56 Å². The Morgan fingerprint density at radius 1 is 1.08 bits per heavy atom. The molecule has 2 rings (SSSR count). The summed E-state index contributed by atoms with van der Waals surface area (Å²) in [6, 6.07) is 11.0. The first-order valence-corrected chi connectivity index (χ1v) is 8.91. The number of rotatable bonds is 5. The number of nitrogens with one attached hydrogen (secondary N) is 1. The third-order valence-corrected chi connectivity index (χ3v) is 4.62. The average molecular weight is 376 g/mol. The van der Waals surface area contributed by atoms with Crippen molar-refractivity contribution in [3.8, 4) is 5.75 Å². The molecule has 0 fully saturated rings. The predicted octanol–water partition coefficient (Wildman–Crippen LogP) is 1.02. The van der Waals surface area contributed by atoms with Gasteiger partial charge in [-0.1, -0.05) is 6.07 Å². The number of nitrogens with two attached hydrogens (primary N) is 3. The highest BCUT2D eigenvalue weighted by Crippen LogP contribution is 2.28. The van der Waals surface area contributed by atoms with Gasteiger partial charge in [0.1, 0.15) is 5.75 Å². The van der Waals surface area contributed by atoms with Crippen LogP contribution in [0, 0.1) is 6.92 Å². The third-order valence-electron chi connectivity index (χ3n) is 3.23. The molecule has 0 heterocycles. The van der Waals surface area contributed by atoms with Gasteiger partial charge >= 0.3 is 0 Å². The fourth-order valence-electron chi connectivity index (χ4n) is 2.09. The van der Waals surface area contributed by atoms with Crippen LogP contribution in [0.25, 0.3) is 0 Å². The molecule has 2 aromatic carbocycles. The summed E-state index contributed by atoms with van der Waals surface area (Å²) < 4.78 is 32.9. The molecular weight excluding hydrogens is 356 g/mol. The van der Waals surface area contributed by atoms with E-state index in [1.54, 1.807) is 12.1 Å². The molecule has 0 amide bonds. The second kappa shape index (κ2) is 7.74. The monoisotopic (exact) mass is 376 g/mol. The average Bonchev–Trinajstić information content (AvgIpc) is 2.54. The summed E-state index contributed by atoms with van der Waals surface area (Å²) in [5.41, 5.74) is 17.6. The Labute approximate surface area is 151 Å². The second-order valence-corrected chi connectivity index (χ2v) is 6.99. The van der Waals surface area contributed by atoms with E-state index in [0.29, 0.717) is 17.1 Å². The van der Waals surface area contributed by atoms with Crippen LogP contribution in [-0.4, -0.2) is 27.4 Å². The van der Waals surface area contributed by atoms with E-state index in [4.69, 9.17) is 21.9 Å². The Kier molecular flexibility index (Phi) is 5.68. The van der Waals surface area contributed by atoms with Crippen LogP contribution in [0.2, 0.25) is 0 Å². The number of hydrogen-bond acceptors (Lipinski definition) is 4. The number of aliphatic imine (C=N–C) groups is 2. The number of benzene rings is 2.